The van der Waals surface area contributed by atoms with Crippen molar-refractivity contribution in [2.75, 3.05) is 47.5 Å². The molecule has 0 radical (unpaired) electrons. The highest BCUT2D eigenvalue weighted by molar-refractivity contribution is 7.89. The number of benzene rings is 2. The van der Waals surface area contributed by atoms with Crippen LogP contribution >= 0.6 is 0 Å². The topological polar surface area (TPSA) is 111 Å². The number of hydrogen-bond donors (Lipinski definition) is 0. The van der Waals surface area contributed by atoms with E-state index < -0.39 is 20.6 Å². The van der Waals surface area contributed by atoms with Gasteiger partial charge in [-0.15, -0.1) is 0 Å². The second-order valence-electron chi connectivity index (χ2n) is 6.90. The van der Waals surface area contributed by atoms with E-state index in [-0.39, 0.29) is 18.0 Å². The normalized spacial score (nSPS) is 15.5. The Hall–Kier alpha value is -2.89. The van der Waals surface area contributed by atoms with E-state index in [4.69, 9.17) is 14.2 Å². The Morgan fingerprint density at radius 1 is 0.935 bits per heavy atom. The highest BCUT2D eigenvalue weighted by atomic mass is 32.2. The second kappa shape index (κ2) is 9.50. The Kier molecular flexibility index (Phi) is 6.98. The highest BCUT2D eigenvalue weighted by Gasteiger charge is 2.33. The molecule has 0 amide bonds. The third-order valence-corrected chi connectivity index (χ3v) is 7.14. The zero-order valence-corrected chi connectivity index (χ0v) is 18.4. The summed E-state index contributed by atoms with van der Waals surface area (Å²) in [6.45, 7) is 1.92. The molecule has 0 bridgehead atoms. The van der Waals surface area contributed by atoms with Crippen LogP contribution in [0, 0.1) is 10.1 Å². The van der Waals surface area contributed by atoms with Gasteiger partial charge in [0.2, 0.25) is 15.8 Å². The molecule has 11 heteroatoms. The molecule has 1 aliphatic heterocycles. The molecule has 0 saturated carbocycles. The van der Waals surface area contributed by atoms with E-state index in [1.807, 2.05) is 6.07 Å². The number of para-hydroxylation sites is 1. The number of nitrogens with zero attached hydrogens (tertiary/aromatic N) is 3. The molecule has 0 unspecified atom stereocenters. The van der Waals surface area contributed by atoms with Crippen LogP contribution in [0.2, 0.25) is 0 Å². The third kappa shape index (κ3) is 4.58. The van der Waals surface area contributed by atoms with Crippen LogP contribution in [0.4, 0.5) is 5.69 Å². The van der Waals surface area contributed by atoms with Gasteiger partial charge in [0, 0.05) is 44.4 Å². The van der Waals surface area contributed by atoms with Gasteiger partial charge in [-0.05, 0) is 12.1 Å². The zero-order chi connectivity index (χ0) is 22.6. The number of piperazine rings is 1. The maximum absolute atomic E-state index is 13.0. The number of sulfonamides is 1. The fourth-order valence-electron chi connectivity index (χ4n) is 3.62. The molecule has 168 valence electrons. The number of nitro groups is 1. The summed E-state index contributed by atoms with van der Waals surface area (Å²) in [6, 6.07) is 9.09. The Labute approximate surface area is 181 Å². The van der Waals surface area contributed by atoms with Crippen molar-refractivity contribution in [3.05, 3.63) is 52.1 Å². The van der Waals surface area contributed by atoms with E-state index >= 15 is 0 Å². The van der Waals surface area contributed by atoms with Crippen molar-refractivity contribution in [3.63, 3.8) is 0 Å². The molecule has 1 fully saturated rings. The lowest BCUT2D eigenvalue weighted by atomic mass is 10.1. The standard InChI is InChI=1S/C20H25N3O7S/c1-28-17-9-8-15(19(29-2)20(17)30-3)14-21-10-12-22(13-11-21)31(26,27)18-7-5-4-6-16(18)23(24)25/h4-9H,10-14H2,1-3H3. The minimum Gasteiger partial charge on any atom is -0.493 e. The van der Waals surface area contributed by atoms with E-state index in [1.54, 1.807) is 20.3 Å². The van der Waals surface area contributed by atoms with Crippen molar-refractivity contribution in [1.82, 2.24) is 9.21 Å². The molecule has 0 spiro atoms. The Morgan fingerprint density at radius 3 is 2.16 bits per heavy atom. The van der Waals surface area contributed by atoms with Gasteiger partial charge < -0.3 is 14.2 Å². The molecule has 1 heterocycles. The molecule has 1 aliphatic rings. The van der Waals surface area contributed by atoms with Crippen molar-refractivity contribution in [1.29, 1.82) is 0 Å². The summed E-state index contributed by atoms with van der Waals surface area (Å²) in [5, 5.41) is 11.2. The largest absolute Gasteiger partial charge is 0.493 e. The number of rotatable bonds is 8. The van der Waals surface area contributed by atoms with Gasteiger partial charge >= 0.3 is 0 Å². The lowest BCUT2D eigenvalue weighted by Crippen LogP contribution is -2.48. The van der Waals surface area contributed by atoms with Crippen molar-refractivity contribution in [3.8, 4) is 17.2 Å². The molecule has 0 atom stereocenters. The van der Waals surface area contributed by atoms with Gasteiger partial charge in [-0.1, -0.05) is 18.2 Å². The third-order valence-electron chi connectivity index (χ3n) is 5.19. The summed E-state index contributed by atoms with van der Waals surface area (Å²) in [7, 11) is 0.678. The average molecular weight is 452 g/mol. The number of nitro benzene ring substituents is 1. The van der Waals surface area contributed by atoms with Gasteiger partial charge in [0.25, 0.3) is 5.69 Å². The minimum atomic E-state index is -3.96. The van der Waals surface area contributed by atoms with Gasteiger partial charge in [0.15, 0.2) is 16.4 Å². The molecule has 3 rings (SSSR count). The molecule has 1 saturated heterocycles. The fraction of sp³-hybridized carbons (Fsp3) is 0.400. The lowest BCUT2D eigenvalue weighted by Gasteiger charge is -2.34. The monoisotopic (exact) mass is 451 g/mol. The summed E-state index contributed by atoms with van der Waals surface area (Å²) < 4.78 is 43.5. The molecule has 2 aromatic rings. The van der Waals surface area contributed by atoms with Crippen LogP contribution in [0.5, 0.6) is 17.2 Å². The summed E-state index contributed by atoms with van der Waals surface area (Å²) in [4.78, 5) is 12.4. The fourth-order valence-corrected chi connectivity index (χ4v) is 5.20. The zero-order valence-electron chi connectivity index (χ0n) is 17.6. The Morgan fingerprint density at radius 2 is 1.58 bits per heavy atom. The van der Waals surface area contributed by atoms with Crippen molar-refractivity contribution in [2.45, 2.75) is 11.4 Å². The van der Waals surface area contributed by atoms with Gasteiger partial charge in [0.05, 0.1) is 26.3 Å². The van der Waals surface area contributed by atoms with Crippen molar-refractivity contribution in [2.24, 2.45) is 0 Å². The van der Waals surface area contributed by atoms with Crippen LogP contribution in [0.3, 0.4) is 0 Å². The van der Waals surface area contributed by atoms with Gasteiger partial charge in [-0.25, -0.2) is 8.42 Å². The van der Waals surface area contributed by atoms with E-state index in [0.717, 1.165) is 5.56 Å². The minimum absolute atomic E-state index is 0.226. The summed E-state index contributed by atoms with van der Waals surface area (Å²) in [5.41, 5.74) is 0.468. The molecule has 0 N–H and O–H groups in total. The van der Waals surface area contributed by atoms with Crippen molar-refractivity contribution < 1.29 is 27.6 Å². The van der Waals surface area contributed by atoms with Crippen LogP contribution in [0.25, 0.3) is 0 Å². The summed E-state index contributed by atoms with van der Waals surface area (Å²) >= 11 is 0. The average Bonchev–Trinajstić information content (AvgIpc) is 2.78. The van der Waals surface area contributed by atoms with Crippen LogP contribution in [0.1, 0.15) is 5.56 Å². The molecular formula is C20H25N3O7S. The smallest absolute Gasteiger partial charge is 0.289 e. The first kappa shape index (κ1) is 22.8. The predicted octanol–water partition coefficient (Wildman–Crippen LogP) is 2.13. The van der Waals surface area contributed by atoms with Crippen molar-refractivity contribution >= 4 is 15.7 Å². The Balaban J connectivity index is 1.74. The van der Waals surface area contributed by atoms with Crippen LogP contribution in [-0.4, -0.2) is 70.1 Å². The first-order chi connectivity index (χ1) is 14.8. The highest BCUT2D eigenvalue weighted by Crippen LogP contribution is 2.40. The second-order valence-corrected chi connectivity index (χ2v) is 8.80. The number of hydrogen-bond acceptors (Lipinski definition) is 8. The molecule has 10 nitrogen and oxygen atoms in total. The van der Waals surface area contributed by atoms with E-state index in [1.165, 1.54) is 35.7 Å². The Bertz CT molecular complexity index is 1050. The quantitative estimate of drug-likeness (QED) is 0.443. The number of ether oxygens (including phenoxy) is 3. The van der Waals surface area contributed by atoms with E-state index in [9.17, 15) is 18.5 Å². The van der Waals surface area contributed by atoms with Gasteiger partial charge in [0.1, 0.15) is 0 Å². The number of methoxy groups -OCH3 is 3. The first-order valence-electron chi connectivity index (χ1n) is 9.57. The van der Waals surface area contributed by atoms with E-state index in [0.29, 0.717) is 36.9 Å². The molecule has 31 heavy (non-hydrogen) atoms. The van der Waals surface area contributed by atoms with Gasteiger partial charge in [-0.3, -0.25) is 15.0 Å². The molecule has 2 aromatic carbocycles. The maximum Gasteiger partial charge on any atom is 0.289 e. The van der Waals surface area contributed by atoms with E-state index in [2.05, 4.69) is 4.90 Å². The maximum atomic E-state index is 13.0. The molecule has 0 aliphatic carbocycles. The summed E-state index contributed by atoms with van der Waals surface area (Å²) in [5.74, 6) is 1.63. The summed E-state index contributed by atoms with van der Waals surface area (Å²) in [6.07, 6.45) is 0. The SMILES string of the molecule is COc1ccc(CN2CCN(S(=O)(=O)c3ccccc3[N+](=O)[O-])CC2)c(OC)c1OC. The lowest BCUT2D eigenvalue weighted by molar-refractivity contribution is -0.387. The molecule has 0 aromatic heterocycles. The van der Waals surface area contributed by atoms with Crippen LogP contribution in [0.15, 0.2) is 41.3 Å². The van der Waals surface area contributed by atoms with Gasteiger partial charge in [-0.2, -0.15) is 4.31 Å². The first-order valence-corrected chi connectivity index (χ1v) is 11.0. The van der Waals surface area contributed by atoms with Crippen LogP contribution < -0.4 is 14.2 Å². The van der Waals surface area contributed by atoms with Crippen LogP contribution in [-0.2, 0) is 16.6 Å². The molecular weight excluding hydrogens is 426 g/mol. The predicted molar refractivity (Wildman–Crippen MR) is 113 cm³/mol.